The van der Waals surface area contributed by atoms with Crippen molar-refractivity contribution in [2.45, 2.75) is 6.92 Å². The molecule has 0 unspecified atom stereocenters. The first-order chi connectivity index (χ1) is 14.5. The number of nitrogens with zero attached hydrogens (tertiary/aromatic N) is 3. The maximum atomic E-state index is 12.7. The monoisotopic (exact) mass is 422 g/mol. The summed E-state index contributed by atoms with van der Waals surface area (Å²) in [4.78, 5) is 14.2. The fourth-order valence-electron chi connectivity index (χ4n) is 3.04. The average Bonchev–Trinajstić information content (AvgIpc) is 3.16. The second-order valence-corrected chi connectivity index (χ2v) is 7.05. The van der Waals surface area contributed by atoms with Crippen LogP contribution in [-0.2, 0) is 0 Å². The lowest BCUT2D eigenvalue weighted by Gasteiger charge is -2.09. The summed E-state index contributed by atoms with van der Waals surface area (Å²) >= 11 is 6.13. The lowest BCUT2D eigenvalue weighted by atomic mass is 10.1. The number of fused-ring (bicyclic) bond motifs is 1. The van der Waals surface area contributed by atoms with Crippen LogP contribution in [0.4, 0.5) is 5.69 Å². The second kappa shape index (κ2) is 8.04. The summed E-state index contributed by atoms with van der Waals surface area (Å²) in [7, 11) is 3.15. The molecule has 0 saturated heterocycles. The first-order valence-corrected chi connectivity index (χ1v) is 9.53. The lowest BCUT2D eigenvalue weighted by molar-refractivity contribution is 0.102. The molecule has 3 aromatic carbocycles. The van der Waals surface area contributed by atoms with Gasteiger partial charge in [-0.15, -0.1) is 10.2 Å². The van der Waals surface area contributed by atoms with Gasteiger partial charge >= 0.3 is 0 Å². The van der Waals surface area contributed by atoms with E-state index >= 15 is 0 Å². The van der Waals surface area contributed by atoms with Crippen LogP contribution >= 0.6 is 11.6 Å². The third-order valence-corrected chi connectivity index (χ3v) is 4.99. The molecule has 1 N–H and O–H groups in total. The van der Waals surface area contributed by atoms with Gasteiger partial charge in [-0.3, -0.25) is 4.79 Å². The number of halogens is 1. The van der Waals surface area contributed by atoms with Gasteiger partial charge in [0.15, 0.2) is 0 Å². The number of hydrogen-bond acceptors (Lipinski definition) is 5. The Bertz CT molecular complexity index is 1240. The Morgan fingerprint density at radius 2 is 1.67 bits per heavy atom. The van der Waals surface area contributed by atoms with E-state index in [1.165, 1.54) is 7.11 Å². The third-order valence-electron chi connectivity index (χ3n) is 4.69. The molecule has 0 saturated carbocycles. The zero-order valence-corrected chi connectivity index (χ0v) is 17.4. The SMILES string of the molecule is COc1ccc(-n2nc3cc(C)c(NC(=O)c4ccc(OC)c(Cl)c4)cc3n2)cc1. The van der Waals surface area contributed by atoms with E-state index in [9.17, 15) is 4.79 Å². The van der Waals surface area contributed by atoms with Crippen molar-refractivity contribution in [1.82, 2.24) is 15.0 Å². The van der Waals surface area contributed by atoms with Gasteiger partial charge in [0.25, 0.3) is 5.91 Å². The number of carbonyl (C=O) groups excluding carboxylic acids is 1. The molecule has 0 aliphatic carbocycles. The molecule has 0 radical (unpaired) electrons. The van der Waals surface area contributed by atoms with Crippen molar-refractivity contribution in [3.8, 4) is 17.2 Å². The first kappa shape index (κ1) is 19.7. The van der Waals surface area contributed by atoms with Crippen LogP contribution in [0.5, 0.6) is 11.5 Å². The highest BCUT2D eigenvalue weighted by molar-refractivity contribution is 6.32. The molecule has 0 atom stereocenters. The zero-order chi connectivity index (χ0) is 21.3. The fraction of sp³-hybridized carbons (Fsp3) is 0.136. The summed E-state index contributed by atoms with van der Waals surface area (Å²) in [6, 6.07) is 16.0. The Kier molecular flexibility index (Phi) is 5.29. The van der Waals surface area contributed by atoms with Crippen molar-refractivity contribution in [2.24, 2.45) is 0 Å². The van der Waals surface area contributed by atoms with Gasteiger partial charge in [0.05, 0.1) is 24.9 Å². The molecule has 1 heterocycles. The number of aromatic nitrogens is 3. The van der Waals surface area contributed by atoms with E-state index in [2.05, 4.69) is 15.5 Å². The number of anilines is 1. The largest absolute Gasteiger partial charge is 0.497 e. The number of aryl methyl sites for hydroxylation is 1. The third kappa shape index (κ3) is 3.79. The number of amides is 1. The number of hydrogen-bond donors (Lipinski definition) is 1. The minimum absolute atomic E-state index is 0.274. The molecule has 1 aromatic heterocycles. The van der Waals surface area contributed by atoms with E-state index in [1.54, 1.807) is 36.2 Å². The van der Waals surface area contributed by atoms with E-state index in [-0.39, 0.29) is 5.91 Å². The number of benzene rings is 3. The molecule has 8 heteroatoms. The van der Waals surface area contributed by atoms with Crippen molar-refractivity contribution >= 4 is 34.2 Å². The number of rotatable bonds is 5. The minimum atomic E-state index is -0.274. The van der Waals surface area contributed by atoms with Crippen LogP contribution in [0.1, 0.15) is 15.9 Å². The van der Waals surface area contributed by atoms with Crippen LogP contribution in [0.25, 0.3) is 16.7 Å². The van der Waals surface area contributed by atoms with E-state index < -0.39 is 0 Å². The Labute approximate surface area is 178 Å². The van der Waals surface area contributed by atoms with Crippen LogP contribution in [0.3, 0.4) is 0 Å². The van der Waals surface area contributed by atoms with E-state index in [1.807, 2.05) is 37.3 Å². The Morgan fingerprint density at radius 1 is 0.967 bits per heavy atom. The topological polar surface area (TPSA) is 78.3 Å². The van der Waals surface area contributed by atoms with Gasteiger partial charge < -0.3 is 14.8 Å². The minimum Gasteiger partial charge on any atom is -0.497 e. The number of methoxy groups -OCH3 is 2. The number of carbonyl (C=O) groups is 1. The van der Waals surface area contributed by atoms with Crippen molar-refractivity contribution < 1.29 is 14.3 Å². The average molecular weight is 423 g/mol. The summed E-state index contributed by atoms with van der Waals surface area (Å²) in [5, 5.41) is 12.4. The van der Waals surface area contributed by atoms with Crippen LogP contribution in [0, 0.1) is 6.92 Å². The molecule has 0 fully saturated rings. The quantitative estimate of drug-likeness (QED) is 0.506. The predicted molar refractivity (Wildman–Crippen MR) is 116 cm³/mol. The van der Waals surface area contributed by atoms with Gasteiger partial charge in [0, 0.05) is 11.3 Å². The van der Waals surface area contributed by atoms with E-state index in [0.717, 1.165) is 22.5 Å². The van der Waals surface area contributed by atoms with Crippen molar-refractivity contribution in [3.05, 3.63) is 70.7 Å². The summed E-state index contributed by atoms with van der Waals surface area (Å²) < 4.78 is 10.3. The maximum Gasteiger partial charge on any atom is 0.255 e. The molecule has 0 bridgehead atoms. The van der Waals surface area contributed by atoms with Gasteiger partial charge in [-0.25, -0.2) is 0 Å². The molecule has 4 rings (SSSR count). The second-order valence-electron chi connectivity index (χ2n) is 6.65. The highest BCUT2D eigenvalue weighted by Crippen LogP contribution is 2.27. The normalized spacial score (nSPS) is 10.8. The molecule has 1 amide bonds. The summed E-state index contributed by atoms with van der Waals surface area (Å²) in [6.45, 7) is 1.91. The zero-order valence-electron chi connectivity index (χ0n) is 16.6. The number of nitrogens with one attached hydrogen (secondary N) is 1. The highest BCUT2D eigenvalue weighted by Gasteiger charge is 2.13. The molecular weight excluding hydrogens is 404 g/mol. The smallest absolute Gasteiger partial charge is 0.255 e. The van der Waals surface area contributed by atoms with Gasteiger partial charge in [-0.05, 0) is 67.1 Å². The van der Waals surface area contributed by atoms with Crippen LogP contribution in [-0.4, -0.2) is 35.1 Å². The van der Waals surface area contributed by atoms with Gasteiger partial charge in [0.2, 0.25) is 0 Å². The van der Waals surface area contributed by atoms with Crippen LogP contribution in [0.15, 0.2) is 54.6 Å². The Balaban J connectivity index is 1.62. The van der Waals surface area contributed by atoms with Crippen molar-refractivity contribution in [1.29, 1.82) is 0 Å². The van der Waals surface area contributed by atoms with Crippen molar-refractivity contribution in [2.75, 3.05) is 19.5 Å². The summed E-state index contributed by atoms with van der Waals surface area (Å²) in [5.74, 6) is 1.00. The standard InChI is InChI=1S/C22H19ClN4O3/c1-13-10-19-20(26-27(25-19)15-5-7-16(29-2)8-6-15)12-18(13)24-22(28)14-4-9-21(30-3)17(23)11-14/h4-12H,1-3H3,(H,24,28). The maximum absolute atomic E-state index is 12.7. The van der Waals surface area contributed by atoms with E-state index in [0.29, 0.717) is 27.5 Å². The molecule has 0 aliphatic heterocycles. The van der Waals surface area contributed by atoms with Crippen LogP contribution in [0.2, 0.25) is 5.02 Å². The first-order valence-electron chi connectivity index (χ1n) is 9.15. The molecule has 7 nitrogen and oxygen atoms in total. The predicted octanol–water partition coefficient (Wildman–Crippen LogP) is 4.65. The molecule has 30 heavy (non-hydrogen) atoms. The van der Waals surface area contributed by atoms with E-state index in [4.69, 9.17) is 21.1 Å². The Morgan fingerprint density at radius 3 is 2.30 bits per heavy atom. The van der Waals surface area contributed by atoms with Gasteiger partial charge in [-0.1, -0.05) is 11.6 Å². The molecular formula is C22H19ClN4O3. The number of ether oxygens (including phenoxy) is 2. The summed E-state index contributed by atoms with van der Waals surface area (Å²) in [6.07, 6.45) is 0. The molecule has 4 aromatic rings. The Hall–Kier alpha value is -3.58. The van der Waals surface area contributed by atoms with Crippen LogP contribution < -0.4 is 14.8 Å². The molecule has 152 valence electrons. The van der Waals surface area contributed by atoms with Crippen molar-refractivity contribution in [3.63, 3.8) is 0 Å². The summed E-state index contributed by atoms with van der Waals surface area (Å²) in [5.41, 5.74) is 4.16. The lowest BCUT2D eigenvalue weighted by Crippen LogP contribution is -2.12. The highest BCUT2D eigenvalue weighted by atomic mass is 35.5. The molecule has 0 aliphatic rings. The molecule has 0 spiro atoms. The van der Waals surface area contributed by atoms with Gasteiger partial charge in [0.1, 0.15) is 22.5 Å². The van der Waals surface area contributed by atoms with Gasteiger partial charge in [-0.2, -0.15) is 4.80 Å². The fourth-order valence-corrected chi connectivity index (χ4v) is 3.29.